The Balaban J connectivity index is 2.45. The van der Waals surface area contributed by atoms with Gasteiger partial charge in [0.25, 0.3) is 11.8 Å². The maximum Gasteiger partial charge on any atom is 0.442 e. The Morgan fingerprint density at radius 1 is 0.778 bits per heavy atom. The van der Waals surface area contributed by atoms with Gasteiger partial charge in [-0.1, -0.05) is 36.4 Å². The van der Waals surface area contributed by atoms with E-state index in [4.69, 9.17) is 0 Å². The molecule has 6 nitrogen and oxygen atoms in total. The molecule has 0 saturated heterocycles. The van der Waals surface area contributed by atoms with Crippen molar-refractivity contribution in [3.8, 4) is 0 Å². The van der Waals surface area contributed by atoms with Gasteiger partial charge in [0.05, 0.1) is 7.11 Å². The Bertz CT molecular complexity index is 770. The number of methoxy groups -OCH3 is 1. The third-order valence-corrected chi connectivity index (χ3v) is 3.59. The van der Waals surface area contributed by atoms with E-state index in [1.807, 2.05) is 0 Å². The second-order valence-electron chi connectivity index (χ2n) is 5.38. The van der Waals surface area contributed by atoms with Crippen LogP contribution in [0.15, 0.2) is 60.7 Å². The second kappa shape index (κ2) is 7.90. The van der Waals surface area contributed by atoms with Crippen LogP contribution in [0.2, 0.25) is 0 Å². The first kappa shape index (κ1) is 20.0. The minimum absolute atomic E-state index is 0.135. The molecule has 0 spiro atoms. The van der Waals surface area contributed by atoms with Crippen molar-refractivity contribution in [3.05, 3.63) is 71.8 Å². The summed E-state index contributed by atoms with van der Waals surface area (Å²) in [6, 6.07) is 13.9. The molecule has 0 bridgehead atoms. The highest BCUT2D eigenvalue weighted by atomic mass is 19.4. The van der Waals surface area contributed by atoms with Gasteiger partial charge in [-0.3, -0.25) is 9.59 Å². The van der Waals surface area contributed by atoms with E-state index in [9.17, 15) is 27.6 Å². The zero-order valence-corrected chi connectivity index (χ0v) is 14.0. The van der Waals surface area contributed by atoms with E-state index in [1.54, 1.807) is 22.8 Å². The predicted molar refractivity (Wildman–Crippen MR) is 88.6 cm³/mol. The number of esters is 1. The summed E-state index contributed by atoms with van der Waals surface area (Å²) in [4.78, 5) is 36.6. The lowest BCUT2D eigenvalue weighted by molar-refractivity contribution is -0.214. The molecule has 0 aliphatic heterocycles. The maximum absolute atomic E-state index is 13.8. The van der Waals surface area contributed by atoms with Crippen LogP contribution in [0.5, 0.6) is 0 Å². The van der Waals surface area contributed by atoms with Gasteiger partial charge in [-0.25, -0.2) is 4.79 Å². The highest BCUT2D eigenvalue weighted by Crippen LogP contribution is 2.30. The van der Waals surface area contributed by atoms with E-state index >= 15 is 0 Å². The number of ether oxygens (including phenoxy) is 1. The largest absolute Gasteiger partial charge is 0.466 e. The van der Waals surface area contributed by atoms with Crippen LogP contribution < -0.4 is 10.6 Å². The summed E-state index contributed by atoms with van der Waals surface area (Å²) >= 11 is 0. The van der Waals surface area contributed by atoms with Gasteiger partial charge in [0.2, 0.25) is 0 Å². The monoisotopic (exact) mass is 380 g/mol. The van der Waals surface area contributed by atoms with Gasteiger partial charge < -0.3 is 15.4 Å². The first-order chi connectivity index (χ1) is 12.7. The predicted octanol–water partition coefficient (Wildman–Crippen LogP) is 2.28. The zero-order valence-electron chi connectivity index (χ0n) is 14.0. The Morgan fingerprint density at radius 2 is 1.15 bits per heavy atom. The van der Waals surface area contributed by atoms with Crippen molar-refractivity contribution in [3.63, 3.8) is 0 Å². The maximum atomic E-state index is 13.8. The number of nitrogens with one attached hydrogen (secondary N) is 2. The van der Waals surface area contributed by atoms with Crippen LogP contribution in [0.25, 0.3) is 0 Å². The molecule has 2 amide bonds. The van der Waals surface area contributed by atoms with Crippen molar-refractivity contribution in [1.82, 2.24) is 10.6 Å². The van der Waals surface area contributed by atoms with E-state index in [2.05, 4.69) is 4.74 Å². The fourth-order valence-electron chi connectivity index (χ4n) is 2.21. The molecule has 0 aliphatic rings. The van der Waals surface area contributed by atoms with Crippen LogP contribution in [0.3, 0.4) is 0 Å². The van der Waals surface area contributed by atoms with Gasteiger partial charge in [-0.15, -0.1) is 0 Å². The van der Waals surface area contributed by atoms with E-state index in [-0.39, 0.29) is 11.1 Å². The smallest absolute Gasteiger partial charge is 0.442 e. The number of hydrogen-bond donors (Lipinski definition) is 2. The number of halogens is 3. The Morgan fingerprint density at radius 3 is 1.44 bits per heavy atom. The number of amides is 2. The van der Waals surface area contributed by atoms with Crippen molar-refractivity contribution in [2.24, 2.45) is 0 Å². The van der Waals surface area contributed by atoms with Crippen LogP contribution in [0, 0.1) is 0 Å². The lowest BCUT2D eigenvalue weighted by Crippen LogP contribution is -2.73. The zero-order chi connectivity index (χ0) is 20.1. The topological polar surface area (TPSA) is 84.5 Å². The number of carbonyl (C=O) groups excluding carboxylic acids is 3. The highest BCUT2D eigenvalue weighted by Gasteiger charge is 2.64. The summed E-state index contributed by atoms with van der Waals surface area (Å²) in [5.74, 6) is -4.32. The normalized spacial score (nSPS) is 11.4. The number of rotatable bonds is 5. The average molecular weight is 380 g/mol. The van der Waals surface area contributed by atoms with Gasteiger partial charge in [-0.05, 0) is 24.3 Å². The lowest BCUT2D eigenvalue weighted by atomic mass is 10.1. The van der Waals surface area contributed by atoms with E-state index in [0.29, 0.717) is 7.11 Å². The van der Waals surface area contributed by atoms with Crippen LogP contribution >= 0.6 is 0 Å². The number of benzene rings is 2. The summed E-state index contributed by atoms with van der Waals surface area (Å²) < 4.78 is 45.7. The van der Waals surface area contributed by atoms with Gasteiger partial charge in [0.15, 0.2) is 0 Å². The van der Waals surface area contributed by atoms with Crippen LogP contribution in [0.4, 0.5) is 13.2 Å². The van der Waals surface area contributed by atoms with Crippen molar-refractivity contribution < 1.29 is 32.3 Å². The molecule has 9 heteroatoms. The number of hydrogen-bond acceptors (Lipinski definition) is 4. The molecule has 0 unspecified atom stereocenters. The first-order valence-corrected chi connectivity index (χ1v) is 7.61. The Hall–Kier alpha value is -3.36. The van der Waals surface area contributed by atoms with Crippen LogP contribution in [-0.2, 0) is 9.53 Å². The average Bonchev–Trinajstić information content (AvgIpc) is 2.67. The number of alkyl halides is 3. The Labute approximate surface area is 152 Å². The van der Waals surface area contributed by atoms with Crippen LogP contribution in [0.1, 0.15) is 20.7 Å². The molecule has 0 saturated carbocycles. The van der Waals surface area contributed by atoms with Crippen molar-refractivity contribution in [2.75, 3.05) is 7.11 Å². The molecule has 0 aliphatic carbocycles. The quantitative estimate of drug-likeness (QED) is 0.616. The molecule has 2 rings (SSSR count). The first-order valence-electron chi connectivity index (χ1n) is 7.61. The van der Waals surface area contributed by atoms with Crippen LogP contribution in [-0.4, -0.2) is 36.7 Å². The molecule has 0 radical (unpaired) electrons. The summed E-state index contributed by atoms with van der Waals surface area (Å²) in [6.07, 6.45) is -5.38. The lowest BCUT2D eigenvalue weighted by Gasteiger charge is -2.34. The molecule has 0 fully saturated rings. The third-order valence-electron chi connectivity index (χ3n) is 3.59. The molecule has 0 aromatic heterocycles. The second-order valence-corrected chi connectivity index (χ2v) is 5.38. The molecule has 2 aromatic carbocycles. The molecule has 142 valence electrons. The molecular weight excluding hydrogens is 365 g/mol. The van der Waals surface area contributed by atoms with Gasteiger partial charge in [0.1, 0.15) is 0 Å². The van der Waals surface area contributed by atoms with Crippen molar-refractivity contribution in [1.29, 1.82) is 0 Å². The summed E-state index contributed by atoms with van der Waals surface area (Å²) in [5, 5.41) is 3.14. The molecule has 2 aromatic rings. The standard InChI is InChI=1S/C18H15F3N2O4/c1-27-16(26)17(18(19,20)21,22-14(24)12-8-4-2-5-9-12)23-15(25)13-10-6-3-7-11-13/h2-11H,1H3,(H,22,24)(H,23,25). The van der Waals surface area contributed by atoms with E-state index < -0.39 is 29.6 Å². The third kappa shape index (κ3) is 4.25. The fraction of sp³-hybridized carbons (Fsp3) is 0.167. The highest BCUT2D eigenvalue weighted by molar-refractivity contribution is 6.02. The van der Waals surface area contributed by atoms with Gasteiger partial charge in [0, 0.05) is 11.1 Å². The minimum Gasteiger partial charge on any atom is -0.466 e. The summed E-state index contributed by atoms with van der Waals surface area (Å²) in [5.41, 5.74) is -4.03. The summed E-state index contributed by atoms with van der Waals surface area (Å²) in [6.45, 7) is 0. The number of carbonyl (C=O) groups is 3. The minimum atomic E-state index is -5.38. The van der Waals surface area contributed by atoms with Crippen molar-refractivity contribution in [2.45, 2.75) is 11.8 Å². The molecule has 27 heavy (non-hydrogen) atoms. The van der Waals surface area contributed by atoms with Crippen molar-refractivity contribution >= 4 is 17.8 Å². The van der Waals surface area contributed by atoms with Gasteiger partial charge >= 0.3 is 17.8 Å². The molecule has 2 N–H and O–H groups in total. The van der Waals surface area contributed by atoms with E-state index in [1.165, 1.54) is 48.5 Å². The Kier molecular flexibility index (Phi) is 5.84. The molecule has 0 atom stereocenters. The molecule has 0 heterocycles. The van der Waals surface area contributed by atoms with Gasteiger partial charge in [-0.2, -0.15) is 13.2 Å². The molecular formula is C18H15F3N2O4. The fourth-order valence-corrected chi connectivity index (χ4v) is 2.21. The summed E-state index contributed by atoms with van der Waals surface area (Å²) in [7, 11) is 0.714. The SMILES string of the molecule is COC(=O)C(NC(=O)c1ccccc1)(NC(=O)c1ccccc1)C(F)(F)F. The van der Waals surface area contributed by atoms with E-state index in [0.717, 1.165) is 0 Å².